The smallest absolute Gasteiger partial charge is 0.306 e. The topological polar surface area (TPSA) is 170 Å². The Hall–Kier alpha value is -5.65. The summed E-state index contributed by atoms with van der Waals surface area (Å²) in [5.41, 5.74) is 2.51. The van der Waals surface area contributed by atoms with Gasteiger partial charge in [-0.25, -0.2) is 0 Å². The van der Waals surface area contributed by atoms with Crippen LogP contribution in [-0.4, -0.2) is 54.5 Å². The summed E-state index contributed by atoms with van der Waals surface area (Å²) in [5.74, 6) is 3.23. The van der Waals surface area contributed by atoms with Crippen LogP contribution in [0.1, 0.15) is 167 Å². The quantitative estimate of drug-likeness (QED) is 0.0275. The van der Waals surface area contributed by atoms with Gasteiger partial charge in [-0.15, -0.1) is 0 Å². The van der Waals surface area contributed by atoms with Gasteiger partial charge < -0.3 is 44.3 Å². The Morgan fingerprint density at radius 3 is 1.38 bits per heavy atom. The molecular weight excluding hydrogens is 875 g/mol. The van der Waals surface area contributed by atoms with Crippen LogP contribution in [-0.2, 0) is 43.6 Å². The number of phenolic OH excluding ortho intramolecular Hbond substituents is 3. The van der Waals surface area contributed by atoms with E-state index >= 15 is 0 Å². The van der Waals surface area contributed by atoms with Crippen LogP contribution in [0, 0.1) is 17.8 Å². The van der Waals surface area contributed by atoms with Gasteiger partial charge in [0.2, 0.25) is 5.91 Å². The first kappa shape index (κ1) is 61.4. The van der Waals surface area contributed by atoms with Crippen LogP contribution in [0.3, 0.4) is 0 Å². The molecule has 3 aromatic carbocycles. The number of hydrogen-bond donors (Lipinski definition) is 4. The number of unbranched alkanes of at least 4 members (excludes halogenated alkanes) is 7. The molecule has 0 saturated carbocycles. The van der Waals surface area contributed by atoms with Crippen LogP contribution >= 0.6 is 0 Å². The molecule has 1 amide bonds. The summed E-state index contributed by atoms with van der Waals surface area (Å²) >= 11 is 0. The highest BCUT2D eigenvalue weighted by molar-refractivity contribution is 5.75. The number of carbonyl (C=O) groups excluding carboxylic acids is 3. The zero-order chi connectivity index (χ0) is 51.2. The zero-order valence-corrected chi connectivity index (χ0v) is 43.5. The van der Waals surface area contributed by atoms with Gasteiger partial charge in [-0.3, -0.25) is 14.4 Å². The molecular formula is C57H87NO11. The molecule has 3 rings (SSSR count). The normalized spacial score (nSPS) is 12.2. The first-order valence-corrected chi connectivity index (χ1v) is 25.2. The number of phenols is 3. The van der Waals surface area contributed by atoms with Gasteiger partial charge in [0.25, 0.3) is 0 Å². The molecule has 386 valence electrons. The first-order valence-electron chi connectivity index (χ1n) is 25.2. The van der Waals surface area contributed by atoms with Crippen LogP contribution in [0.25, 0.3) is 0 Å². The summed E-state index contributed by atoms with van der Waals surface area (Å²) in [7, 11) is 4.49. The van der Waals surface area contributed by atoms with E-state index in [-0.39, 0.29) is 48.3 Å². The minimum atomic E-state index is -0.192. The van der Waals surface area contributed by atoms with E-state index in [0.717, 1.165) is 80.4 Å². The van der Waals surface area contributed by atoms with Gasteiger partial charge in [-0.05, 0) is 116 Å². The van der Waals surface area contributed by atoms with Crippen LogP contribution in [0.4, 0.5) is 0 Å². The van der Waals surface area contributed by atoms with Crippen LogP contribution in [0.2, 0.25) is 0 Å². The average Bonchev–Trinajstić information content (AvgIpc) is 3.36. The number of allylic oxidation sites excluding steroid dienone is 4. The molecule has 0 aliphatic rings. The van der Waals surface area contributed by atoms with Crippen molar-refractivity contribution in [2.45, 2.75) is 170 Å². The number of methoxy groups -OCH3 is 3. The summed E-state index contributed by atoms with van der Waals surface area (Å²) in [6.45, 7) is 14.1. The molecule has 12 nitrogen and oxygen atoms in total. The predicted octanol–water partition coefficient (Wildman–Crippen LogP) is 13.6. The Labute approximate surface area is 414 Å². The zero-order valence-electron chi connectivity index (χ0n) is 43.5. The van der Waals surface area contributed by atoms with Gasteiger partial charge in [0, 0.05) is 25.8 Å². The summed E-state index contributed by atoms with van der Waals surface area (Å²) in [5, 5.41) is 31.5. The van der Waals surface area contributed by atoms with Crippen molar-refractivity contribution in [2.75, 3.05) is 21.3 Å². The number of esters is 2. The minimum Gasteiger partial charge on any atom is -0.504 e. The third kappa shape index (κ3) is 29.8. The third-order valence-electron chi connectivity index (χ3n) is 11.8. The fourth-order valence-electron chi connectivity index (χ4n) is 6.54. The summed E-state index contributed by atoms with van der Waals surface area (Å²) in [4.78, 5) is 35.2. The van der Waals surface area contributed by atoms with Crippen molar-refractivity contribution < 1.29 is 53.4 Å². The Kier molecular flexibility index (Phi) is 34.0. The number of nitrogens with one attached hydrogen (secondary N) is 1. The van der Waals surface area contributed by atoms with E-state index in [1.807, 2.05) is 0 Å². The molecule has 4 N–H and O–H groups in total. The molecule has 3 unspecified atom stereocenters. The molecule has 3 atom stereocenters. The molecule has 0 aromatic heterocycles. The number of amides is 1. The number of ether oxygens (including phenoxy) is 5. The second-order valence-corrected chi connectivity index (χ2v) is 17.7. The highest BCUT2D eigenvalue weighted by atomic mass is 16.5. The molecule has 0 aliphatic carbocycles. The Morgan fingerprint density at radius 2 is 0.942 bits per heavy atom. The lowest BCUT2D eigenvalue weighted by atomic mass is 10.0. The fourth-order valence-corrected chi connectivity index (χ4v) is 6.54. The van der Waals surface area contributed by atoms with Crippen molar-refractivity contribution >= 4 is 17.8 Å². The third-order valence-corrected chi connectivity index (χ3v) is 11.8. The maximum Gasteiger partial charge on any atom is 0.306 e. The highest BCUT2D eigenvalue weighted by Gasteiger charge is 2.09. The van der Waals surface area contributed by atoms with Gasteiger partial charge in [0.1, 0.15) is 13.2 Å². The lowest BCUT2D eigenvalue weighted by molar-refractivity contribution is -0.146. The molecule has 3 aromatic rings. The van der Waals surface area contributed by atoms with E-state index in [9.17, 15) is 29.7 Å². The van der Waals surface area contributed by atoms with Gasteiger partial charge >= 0.3 is 11.9 Å². The van der Waals surface area contributed by atoms with E-state index in [4.69, 9.17) is 23.7 Å². The lowest BCUT2D eigenvalue weighted by Crippen LogP contribution is -2.22. The molecule has 0 aliphatic heterocycles. The van der Waals surface area contributed by atoms with Gasteiger partial charge in [-0.2, -0.15) is 0 Å². The largest absolute Gasteiger partial charge is 0.504 e. The van der Waals surface area contributed by atoms with E-state index in [2.05, 4.69) is 71.2 Å². The second kappa shape index (κ2) is 38.2. The minimum absolute atomic E-state index is 0.0583. The van der Waals surface area contributed by atoms with Crippen LogP contribution in [0.5, 0.6) is 34.5 Å². The van der Waals surface area contributed by atoms with Gasteiger partial charge in [-0.1, -0.05) is 129 Å². The fraction of sp³-hybridized carbons (Fsp3) is 0.561. The number of hydrogen-bond acceptors (Lipinski definition) is 11. The summed E-state index contributed by atoms with van der Waals surface area (Å²) in [6.07, 6.45) is 25.4. The molecule has 0 fully saturated rings. The summed E-state index contributed by atoms with van der Waals surface area (Å²) < 4.78 is 25.6. The van der Waals surface area contributed by atoms with E-state index in [0.29, 0.717) is 54.9 Å². The molecule has 12 heteroatoms. The van der Waals surface area contributed by atoms with Crippen LogP contribution < -0.4 is 19.5 Å². The Bertz CT molecular complexity index is 1830. The summed E-state index contributed by atoms with van der Waals surface area (Å²) in [6, 6.07) is 14.9. The Balaban J connectivity index is 0.000000517. The molecule has 0 radical (unpaired) electrons. The molecule has 0 saturated heterocycles. The van der Waals surface area contributed by atoms with Crippen molar-refractivity contribution in [3.63, 3.8) is 0 Å². The SMILES string of the molecule is CCC(C)/C=C/CCCCC(=O)NCc1ccc(O)c(OC)c1.CCC(C)/C=C/CCCCC(=O)OCc1ccc(O)c(OC)c1.CCC(C)CCCCCCC(=O)OCc1ccc(O)c(OC)c1. The van der Waals surface area contributed by atoms with Crippen LogP contribution in [0.15, 0.2) is 78.9 Å². The van der Waals surface area contributed by atoms with Gasteiger partial charge in [0.15, 0.2) is 34.5 Å². The van der Waals surface area contributed by atoms with E-state index < -0.39 is 0 Å². The van der Waals surface area contributed by atoms with Crippen molar-refractivity contribution in [3.05, 3.63) is 95.6 Å². The van der Waals surface area contributed by atoms with E-state index in [1.54, 1.807) is 48.5 Å². The number of carbonyl (C=O) groups is 3. The van der Waals surface area contributed by atoms with Crippen molar-refractivity contribution in [1.29, 1.82) is 0 Å². The number of aromatic hydroxyl groups is 3. The average molecular weight is 962 g/mol. The molecule has 0 heterocycles. The maximum absolute atomic E-state index is 11.8. The van der Waals surface area contributed by atoms with Gasteiger partial charge in [0.05, 0.1) is 21.3 Å². The number of benzene rings is 3. The number of rotatable bonds is 31. The highest BCUT2D eigenvalue weighted by Crippen LogP contribution is 2.28. The molecule has 0 bridgehead atoms. The maximum atomic E-state index is 11.8. The van der Waals surface area contributed by atoms with E-state index in [1.165, 1.54) is 59.5 Å². The Morgan fingerprint density at radius 1 is 0.536 bits per heavy atom. The monoisotopic (exact) mass is 962 g/mol. The second-order valence-electron chi connectivity index (χ2n) is 17.7. The lowest BCUT2D eigenvalue weighted by Gasteiger charge is -2.08. The van der Waals surface area contributed by atoms with Crippen molar-refractivity contribution in [1.82, 2.24) is 5.32 Å². The molecule has 69 heavy (non-hydrogen) atoms. The van der Waals surface area contributed by atoms with Crippen molar-refractivity contribution in [2.24, 2.45) is 17.8 Å². The van der Waals surface area contributed by atoms with Crippen molar-refractivity contribution in [3.8, 4) is 34.5 Å². The predicted molar refractivity (Wildman–Crippen MR) is 277 cm³/mol. The standard InChI is InChI=1S/C19H29NO3.C19H30O4.C19H28O4/c1-4-15(2)9-7-5-6-8-10-19(22)20-14-16-11-12-17(21)18(13-16)23-3;2*1-4-15(2)9-7-5-6-8-10-19(21)23-14-16-11-12-17(20)18(13-16)22-3/h7,9,11-13,15,21H,4-6,8,10,14H2,1-3H3,(H,20,22);11-13,15,20H,4-10,14H2,1-3H3;7,9,11-13,15,20H,4-6,8,10,14H2,1-3H3/b9-7+;;9-7+. The first-order chi connectivity index (χ1) is 33.2. The molecule has 0 spiro atoms.